The van der Waals surface area contributed by atoms with Gasteiger partial charge in [0.25, 0.3) is 0 Å². The largest absolute Gasteiger partial charge is 0.481 e. The Morgan fingerprint density at radius 2 is 1.43 bits per heavy atom. The molecule has 0 aliphatic carbocycles. The summed E-state index contributed by atoms with van der Waals surface area (Å²) in [5, 5.41) is 16.8. The molecule has 0 rings (SSSR count). The van der Waals surface area contributed by atoms with E-state index in [1.54, 1.807) is 0 Å². The summed E-state index contributed by atoms with van der Waals surface area (Å²) < 4.78 is 0. The minimum absolute atomic E-state index is 0. The third kappa shape index (κ3) is 9.28. The Balaban J connectivity index is 0. The summed E-state index contributed by atoms with van der Waals surface area (Å²) in [5.41, 5.74) is 0. The highest BCUT2D eigenvalue weighted by atomic mass is 35.5. The predicted molar refractivity (Wildman–Crippen MR) is 53.9 cm³/mol. The van der Waals surface area contributed by atoms with Gasteiger partial charge in [-0.3, -0.25) is 9.59 Å². The zero-order valence-electron chi connectivity index (χ0n) is 8.10. The van der Waals surface area contributed by atoms with E-state index in [-0.39, 0.29) is 25.2 Å². The molecule has 0 aliphatic heterocycles. The van der Waals surface area contributed by atoms with Crippen molar-refractivity contribution in [2.24, 2.45) is 0 Å². The molecule has 6 heteroatoms. The number of carboxylic acid groups (broad SMARTS) is 2. The molecule has 0 aromatic carbocycles. The van der Waals surface area contributed by atoms with Crippen LogP contribution in [-0.4, -0.2) is 46.7 Å². The fourth-order valence-corrected chi connectivity index (χ4v) is 0.936. The quantitative estimate of drug-likeness (QED) is 0.666. The average Bonchev–Trinajstić information content (AvgIpc) is 2.04. The van der Waals surface area contributed by atoms with Gasteiger partial charge in [-0.15, -0.1) is 12.4 Å². The summed E-state index contributed by atoms with van der Waals surface area (Å²) in [6, 6.07) is 0. The Bertz CT molecular complexity index is 168. The lowest BCUT2D eigenvalue weighted by atomic mass is 10.3. The average molecular weight is 226 g/mol. The molecule has 0 atom stereocenters. The molecule has 84 valence electrons. The minimum Gasteiger partial charge on any atom is -0.481 e. The van der Waals surface area contributed by atoms with Crippen LogP contribution < -0.4 is 0 Å². The highest BCUT2D eigenvalue weighted by Gasteiger charge is 2.06. The zero-order valence-corrected chi connectivity index (χ0v) is 8.92. The number of carboxylic acids is 2. The van der Waals surface area contributed by atoms with Crippen molar-refractivity contribution < 1.29 is 19.8 Å². The van der Waals surface area contributed by atoms with Gasteiger partial charge in [0, 0.05) is 13.1 Å². The third-order valence-corrected chi connectivity index (χ3v) is 1.73. The van der Waals surface area contributed by atoms with E-state index in [1.165, 1.54) is 0 Å². The van der Waals surface area contributed by atoms with Gasteiger partial charge in [0.15, 0.2) is 0 Å². The van der Waals surface area contributed by atoms with E-state index in [9.17, 15) is 9.59 Å². The van der Waals surface area contributed by atoms with E-state index in [0.717, 1.165) is 0 Å². The number of halogens is 1. The lowest BCUT2D eigenvalue weighted by Crippen LogP contribution is -2.28. The lowest BCUT2D eigenvalue weighted by Gasteiger charge is -2.17. The third-order valence-electron chi connectivity index (χ3n) is 1.73. The normalized spacial score (nSPS) is 9.57. The molecule has 0 spiro atoms. The highest BCUT2D eigenvalue weighted by Crippen LogP contribution is 1.94. The van der Waals surface area contributed by atoms with Crippen molar-refractivity contribution >= 4 is 24.3 Å². The van der Waals surface area contributed by atoms with Crippen LogP contribution in [0.1, 0.15) is 19.8 Å². The molecule has 0 unspecified atom stereocenters. The van der Waals surface area contributed by atoms with E-state index in [1.807, 2.05) is 11.8 Å². The van der Waals surface area contributed by atoms with E-state index < -0.39 is 11.9 Å². The first kappa shape index (κ1) is 15.7. The van der Waals surface area contributed by atoms with Crippen LogP contribution in [0.4, 0.5) is 0 Å². The highest BCUT2D eigenvalue weighted by molar-refractivity contribution is 5.85. The molecule has 0 aromatic heterocycles. The molecule has 0 amide bonds. The molecule has 14 heavy (non-hydrogen) atoms. The molecule has 0 fully saturated rings. The summed E-state index contributed by atoms with van der Waals surface area (Å²) >= 11 is 0. The summed E-state index contributed by atoms with van der Waals surface area (Å²) in [5.74, 6) is -1.71. The number of hydrogen-bond acceptors (Lipinski definition) is 3. The maximum atomic E-state index is 10.2. The van der Waals surface area contributed by atoms with Crippen molar-refractivity contribution in [1.29, 1.82) is 0 Å². The van der Waals surface area contributed by atoms with Crippen LogP contribution in [0.5, 0.6) is 0 Å². The topological polar surface area (TPSA) is 77.8 Å². The van der Waals surface area contributed by atoms with Crippen LogP contribution >= 0.6 is 12.4 Å². The molecule has 0 radical (unpaired) electrons. The van der Waals surface area contributed by atoms with Crippen LogP contribution in [0.15, 0.2) is 0 Å². The van der Waals surface area contributed by atoms with Crippen molar-refractivity contribution in [3.05, 3.63) is 0 Å². The van der Waals surface area contributed by atoms with Gasteiger partial charge in [0.05, 0.1) is 12.8 Å². The number of rotatable bonds is 7. The van der Waals surface area contributed by atoms with Gasteiger partial charge < -0.3 is 15.1 Å². The van der Waals surface area contributed by atoms with Crippen molar-refractivity contribution in [3.8, 4) is 0 Å². The monoisotopic (exact) mass is 225 g/mol. The van der Waals surface area contributed by atoms with Crippen LogP contribution in [0.2, 0.25) is 0 Å². The fourth-order valence-electron chi connectivity index (χ4n) is 0.936. The van der Waals surface area contributed by atoms with Crippen LogP contribution in [0.3, 0.4) is 0 Å². The van der Waals surface area contributed by atoms with E-state index in [0.29, 0.717) is 19.6 Å². The standard InChI is InChI=1S/C8H15NO4.ClH/c1-2-9(5-3-7(10)11)6-4-8(12)13;/h2-6H2,1H3,(H,10,11)(H,12,13);1H. The Hall–Kier alpha value is -0.810. The second-order valence-electron chi connectivity index (χ2n) is 2.72. The van der Waals surface area contributed by atoms with Crippen molar-refractivity contribution in [2.75, 3.05) is 19.6 Å². The number of nitrogens with zero attached hydrogens (tertiary/aromatic N) is 1. The Labute approximate surface area is 89.1 Å². The Morgan fingerprint density at radius 1 is 1.07 bits per heavy atom. The van der Waals surface area contributed by atoms with E-state index in [4.69, 9.17) is 10.2 Å². The van der Waals surface area contributed by atoms with Gasteiger partial charge in [-0.25, -0.2) is 0 Å². The first-order valence-electron chi connectivity index (χ1n) is 4.22. The first-order valence-corrected chi connectivity index (χ1v) is 4.22. The predicted octanol–water partition coefficient (Wildman–Crippen LogP) is 0.679. The van der Waals surface area contributed by atoms with Gasteiger partial charge in [0.2, 0.25) is 0 Å². The summed E-state index contributed by atoms with van der Waals surface area (Å²) in [7, 11) is 0. The van der Waals surface area contributed by atoms with Gasteiger partial charge in [-0.1, -0.05) is 6.92 Å². The molecule has 0 aliphatic rings. The van der Waals surface area contributed by atoms with Crippen LogP contribution in [0.25, 0.3) is 0 Å². The van der Waals surface area contributed by atoms with Gasteiger partial charge in [0.1, 0.15) is 0 Å². The lowest BCUT2D eigenvalue weighted by molar-refractivity contribution is -0.137. The summed E-state index contributed by atoms with van der Waals surface area (Å²) in [4.78, 5) is 22.2. The van der Waals surface area contributed by atoms with Crippen molar-refractivity contribution in [1.82, 2.24) is 4.90 Å². The summed E-state index contributed by atoms with van der Waals surface area (Å²) in [6.07, 6.45) is 0.126. The molecule has 0 heterocycles. The molecular weight excluding hydrogens is 210 g/mol. The minimum atomic E-state index is -0.853. The van der Waals surface area contributed by atoms with Crippen LogP contribution in [-0.2, 0) is 9.59 Å². The smallest absolute Gasteiger partial charge is 0.304 e. The van der Waals surface area contributed by atoms with Crippen molar-refractivity contribution in [2.45, 2.75) is 19.8 Å². The SMILES string of the molecule is CCN(CCC(=O)O)CCC(=O)O.Cl. The van der Waals surface area contributed by atoms with Gasteiger partial charge in [-0.05, 0) is 6.54 Å². The second-order valence-corrected chi connectivity index (χ2v) is 2.72. The van der Waals surface area contributed by atoms with Crippen LogP contribution in [0, 0.1) is 0 Å². The molecule has 0 saturated carbocycles. The maximum absolute atomic E-state index is 10.2. The number of aliphatic carboxylic acids is 2. The maximum Gasteiger partial charge on any atom is 0.304 e. The van der Waals surface area contributed by atoms with E-state index in [2.05, 4.69) is 0 Å². The van der Waals surface area contributed by atoms with E-state index >= 15 is 0 Å². The van der Waals surface area contributed by atoms with Crippen molar-refractivity contribution in [3.63, 3.8) is 0 Å². The number of carbonyl (C=O) groups is 2. The summed E-state index contributed by atoms with van der Waals surface area (Å²) in [6.45, 7) is 3.39. The Kier molecular flexibility index (Phi) is 9.81. The molecule has 0 saturated heterocycles. The van der Waals surface area contributed by atoms with Gasteiger partial charge in [-0.2, -0.15) is 0 Å². The van der Waals surface area contributed by atoms with Gasteiger partial charge >= 0.3 is 11.9 Å². The molecular formula is C8H16ClNO4. The molecule has 0 aromatic rings. The molecule has 2 N–H and O–H groups in total. The second kappa shape index (κ2) is 8.77. The first-order chi connectivity index (χ1) is 6.06. The fraction of sp³-hybridized carbons (Fsp3) is 0.750. The molecule has 5 nitrogen and oxygen atoms in total. The number of hydrogen-bond donors (Lipinski definition) is 2. The zero-order chi connectivity index (χ0) is 10.3. The Morgan fingerprint density at radius 3 is 1.64 bits per heavy atom. The molecule has 0 bridgehead atoms.